The summed E-state index contributed by atoms with van der Waals surface area (Å²) in [4.78, 5) is 35.6. The van der Waals surface area contributed by atoms with Gasteiger partial charge in [-0.05, 0) is 49.8 Å². The van der Waals surface area contributed by atoms with Crippen LogP contribution in [-0.2, 0) is 6.18 Å². The Morgan fingerprint density at radius 2 is 1.85 bits per heavy atom. The van der Waals surface area contributed by atoms with Crippen LogP contribution in [0.5, 0.6) is 5.88 Å². The van der Waals surface area contributed by atoms with Crippen LogP contribution in [0.1, 0.15) is 41.0 Å². The Balaban J connectivity index is 1.40. The van der Waals surface area contributed by atoms with Gasteiger partial charge in [0, 0.05) is 25.1 Å². The van der Waals surface area contributed by atoms with Crippen molar-refractivity contribution in [1.29, 1.82) is 0 Å². The summed E-state index contributed by atoms with van der Waals surface area (Å²) < 4.78 is 44.3. The minimum atomic E-state index is -4.57. The summed E-state index contributed by atoms with van der Waals surface area (Å²) in [7, 11) is 0. The Morgan fingerprint density at radius 3 is 2.53 bits per heavy atom. The summed E-state index contributed by atoms with van der Waals surface area (Å²) in [6, 6.07) is 3.28. The van der Waals surface area contributed by atoms with Gasteiger partial charge in [-0.25, -0.2) is 19.9 Å². The average Bonchev–Trinajstić information content (AvgIpc) is 2.84. The first kappa shape index (κ1) is 22.2. The first-order valence-corrected chi connectivity index (χ1v) is 10.9. The first-order chi connectivity index (χ1) is 16.3. The second kappa shape index (κ2) is 8.62. The van der Waals surface area contributed by atoms with Crippen molar-refractivity contribution < 1.29 is 22.7 Å². The zero-order valence-corrected chi connectivity index (χ0v) is 18.2. The second-order valence-electron chi connectivity index (χ2n) is 8.58. The van der Waals surface area contributed by atoms with Crippen molar-refractivity contribution in [2.45, 2.75) is 44.5 Å². The number of carbonyl (C=O) groups excluding carboxylic acids is 1. The summed E-state index contributed by atoms with van der Waals surface area (Å²) in [5, 5.41) is 0. The zero-order valence-electron chi connectivity index (χ0n) is 18.2. The Kier molecular flexibility index (Phi) is 5.62. The number of fused-ring (bicyclic) bond motifs is 3. The Morgan fingerprint density at radius 1 is 1.06 bits per heavy atom. The van der Waals surface area contributed by atoms with Crippen LogP contribution in [-0.4, -0.2) is 54.4 Å². The molecule has 0 radical (unpaired) electrons. The number of hydrogen-bond donors (Lipinski definition) is 0. The number of aromatic nitrogens is 5. The molecule has 2 bridgehead atoms. The van der Waals surface area contributed by atoms with E-state index in [1.54, 1.807) is 29.6 Å². The largest absolute Gasteiger partial charge is 0.471 e. The highest BCUT2D eigenvalue weighted by molar-refractivity contribution is 5.98. The van der Waals surface area contributed by atoms with E-state index >= 15 is 0 Å². The van der Waals surface area contributed by atoms with Gasteiger partial charge in [0.1, 0.15) is 11.8 Å². The number of piperidine rings is 2. The van der Waals surface area contributed by atoms with Crippen LogP contribution in [0.25, 0.3) is 11.4 Å². The normalized spacial score (nSPS) is 22.0. The molecule has 8 nitrogen and oxygen atoms in total. The fourth-order valence-corrected chi connectivity index (χ4v) is 4.65. The third kappa shape index (κ3) is 4.29. The molecule has 176 valence electrons. The molecule has 1 amide bonds. The van der Waals surface area contributed by atoms with Crippen LogP contribution in [0.2, 0.25) is 0 Å². The van der Waals surface area contributed by atoms with Crippen LogP contribution >= 0.6 is 0 Å². The second-order valence-corrected chi connectivity index (χ2v) is 8.58. The molecular weight excluding hydrogens is 449 g/mol. The monoisotopic (exact) mass is 470 g/mol. The van der Waals surface area contributed by atoms with Crippen molar-refractivity contribution in [3.8, 4) is 17.3 Å². The molecule has 2 saturated heterocycles. The molecule has 3 aromatic heterocycles. The molecule has 3 aliphatic rings. The minimum absolute atomic E-state index is 0.00443. The van der Waals surface area contributed by atoms with Crippen molar-refractivity contribution in [2.24, 2.45) is 5.92 Å². The molecule has 5 heterocycles. The van der Waals surface area contributed by atoms with Crippen molar-refractivity contribution in [3.05, 3.63) is 60.1 Å². The van der Waals surface area contributed by atoms with E-state index in [-0.39, 0.29) is 29.4 Å². The van der Waals surface area contributed by atoms with E-state index in [1.807, 2.05) is 13.0 Å². The summed E-state index contributed by atoms with van der Waals surface area (Å²) in [6.07, 6.45) is 3.87. The third-order valence-electron chi connectivity index (χ3n) is 6.21. The van der Waals surface area contributed by atoms with Crippen LogP contribution in [0.4, 0.5) is 13.2 Å². The number of halogens is 3. The Bertz CT molecular complexity index is 1190. The standard InChI is InChI=1S/C23H21F3N6O2/c1-13-7-15(21-27-5-2-6-28-21)20(31-9-13)22(33)32-12-14-3-4-16(32)17(8-14)34-19-11-29-18(10-30-19)23(24,25)26/h2,5-7,9-11,14,16-17H,3-4,8,12H2,1H3/t14-,16+,17-/m1/s1. The van der Waals surface area contributed by atoms with E-state index in [9.17, 15) is 18.0 Å². The highest BCUT2D eigenvalue weighted by atomic mass is 19.4. The van der Waals surface area contributed by atoms with Gasteiger partial charge in [-0.1, -0.05) is 0 Å². The van der Waals surface area contributed by atoms with Gasteiger partial charge >= 0.3 is 6.18 Å². The number of nitrogens with zero attached hydrogens (tertiary/aromatic N) is 6. The topological polar surface area (TPSA) is 94.0 Å². The summed E-state index contributed by atoms with van der Waals surface area (Å²) in [5.41, 5.74) is 0.611. The predicted octanol–water partition coefficient (Wildman–Crippen LogP) is 3.73. The smallest absolute Gasteiger partial charge is 0.434 e. The Labute approximate surface area is 193 Å². The molecule has 3 atom stereocenters. The van der Waals surface area contributed by atoms with Crippen molar-refractivity contribution >= 4 is 5.91 Å². The molecule has 0 aromatic carbocycles. The fraction of sp³-hybridized carbons (Fsp3) is 0.391. The van der Waals surface area contributed by atoms with Gasteiger partial charge in [-0.2, -0.15) is 13.2 Å². The van der Waals surface area contributed by atoms with Crippen LogP contribution < -0.4 is 4.74 Å². The molecule has 6 rings (SSSR count). The van der Waals surface area contributed by atoms with E-state index < -0.39 is 18.0 Å². The molecule has 2 aliphatic heterocycles. The van der Waals surface area contributed by atoms with E-state index in [0.717, 1.165) is 24.6 Å². The number of carbonyl (C=O) groups is 1. The molecule has 1 aliphatic carbocycles. The quantitative estimate of drug-likeness (QED) is 0.574. The maximum Gasteiger partial charge on any atom is 0.434 e. The van der Waals surface area contributed by atoms with Gasteiger partial charge in [0.05, 0.1) is 24.0 Å². The van der Waals surface area contributed by atoms with E-state index in [0.29, 0.717) is 30.6 Å². The number of amides is 1. The lowest BCUT2D eigenvalue weighted by Gasteiger charge is -2.49. The van der Waals surface area contributed by atoms with Crippen molar-refractivity contribution in [3.63, 3.8) is 0 Å². The number of aryl methyl sites for hydroxylation is 1. The SMILES string of the molecule is Cc1cnc(C(=O)N2C[C@@H]3CC[C@H]2[C@H](Oc2cnc(C(F)(F)F)cn2)C3)c(-c2ncccn2)c1. The first-order valence-electron chi connectivity index (χ1n) is 10.9. The highest BCUT2D eigenvalue weighted by Crippen LogP contribution is 2.38. The fourth-order valence-electron chi connectivity index (χ4n) is 4.65. The lowest BCUT2D eigenvalue weighted by molar-refractivity contribution is -0.141. The number of rotatable bonds is 4. The third-order valence-corrected chi connectivity index (χ3v) is 6.21. The molecule has 11 heteroatoms. The zero-order chi connectivity index (χ0) is 23.9. The van der Waals surface area contributed by atoms with Gasteiger partial charge in [0.25, 0.3) is 5.91 Å². The maximum absolute atomic E-state index is 13.6. The van der Waals surface area contributed by atoms with Crippen LogP contribution in [0.15, 0.2) is 43.1 Å². The minimum Gasteiger partial charge on any atom is -0.471 e. The molecular formula is C23H21F3N6O2. The van der Waals surface area contributed by atoms with Gasteiger partial charge in [-0.15, -0.1) is 0 Å². The summed E-state index contributed by atoms with van der Waals surface area (Å²) in [6.45, 7) is 2.44. The molecule has 3 fully saturated rings. The number of hydrogen-bond acceptors (Lipinski definition) is 7. The van der Waals surface area contributed by atoms with E-state index in [4.69, 9.17) is 4.74 Å². The molecule has 1 saturated carbocycles. The number of alkyl halides is 3. The van der Waals surface area contributed by atoms with Crippen molar-refractivity contribution in [2.75, 3.05) is 6.54 Å². The average molecular weight is 470 g/mol. The van der Waals surface area contributed by atoms with E-state index in [2.05, 4.69) is 24.9 Å². The Hall–Kier alpha value is -3.63. The molecule has 0 N–H and O–H groups in total. The number of ether oxygens (including phenoxy) is 1. The molecule has 34 heavy (non-hydrogen) atoms. The predicted molar refractivity (Wildman–Crippen MR) is 114 cm³/mol. The van der Waals surface area contributed by atoms with Crippen LogP contribution in [0, 0.1) is 12.8 Å². The maximum atomic E-state index is 13.6. The van der Waals surface area contributed by atoms with Gasteiger partial charge in [0.2, 0.25) is 5.88 Å². The summed E-state index contributed by atoms with van der Waals surface area (Å²) in [5.74, 6) is 0.383. The van der Waals surface area contributed by atoms with Crippen molar-refractivity contribution in [1.82, 2.24) is 29.8 Å². The van der Waals surface area contributed by atoms with Gasteiger partial charge in [-0.3, -0.25) is 9.78 Å². The van der Waals surface area contributed by atoms with E-state index in [1.165, 1.54) is 0 Å². The molecule has 3 aromatic rings. The van der Waals surface area contributed by atoms with Crippen LogP contribution in [0.3, 0.4) is 0 Å². The number of pyridine rings is 1. The lowest BCUT2D eigenvalue weighted by Crippen LogP contribution is -2.59. The lowest BCUT2D eigenvalue weighted by atomic mass is 9.77. The van der Waals surface area contributed by atoms with Gasteiger partial charge < -0.3 is 9.64 Å². The molecule has 0 spiro atoms. The highest BCUT2D eigenvalue weighted by Gasteiger charge is 2.45. The summed E-state index contributed by atoms with van der Waals surface area (Å²) >= 11 is 0. The van der Waals surface area contributed by atoms with Gasteiger partial charge in [0.15, 0.2) is 11.5 Å². The molecule has 0 unspecified atom stereocenters.